The first-order chi connectivity index (χ1) is 10.5. The van der Waals surface area contributed by atoms with Gasteiger partial charge in [0.15, 0.2) is 10.4 Å². The molecule has 1 aromatic carbocycles. The molecule has 2 amide bonds. The Morgan fingerprint density at radius 2 is 1.77 bits per heavy atom. The Labute approximate surface area is 131 Å². The third-order valence-corrected chi connectivity index (χ3v) is 3.71. The maximum absolute atomic E-state index is 11.2. The molecule has 0 unspecified atom stereocenters. The van der Waals surface area contributed by atoms with Gasteiger partial charge in [-0.15, -0.1) is 0 Å². The molecule has 8 heteroatoms. The number of aromatic nitrogens is 2. The van der Waals surface area contributed by atoms with Gasteiger partial charge in [-0.3, -0.25) is 9.59 Å². The average Bonchev–Trinajstić information content (AvgIpc) is 2.44. The summed E-state index contributed by atoms with van der Waals surface area (Å²) in [6.45, 7) is 1.78. The van der Waals surface area contributed by atoms with Crippen LogP contribution in [0.2, 0.25) is 0 Å². The van der Waals surface area contributed by atoms with E-state index in [4.69, 9.17) is 11.5 Å². The summed E-state index contributed by atoms with van der Waals surface area (Å²) in [5.74, 6) is -1.09. The number of carbonyl (C=O) groups excluding carboxylic acids is 2. The Hall–Kier alpha value is -2.61. The van der Waals surface area contributed by atoms with Crippen LogP contribution in [-0.4, -0.2) is 27.0 Å². The van der Waals surface area contributed by atoms with Gasteiger partial charge in [0.1, 0.15) is 5.82 Å². The molecule has 0 fully saturated rings. The summed E-state index contributed by atoms with van der Waals surface area (Å²) < 4.78 is 0. The Kier molecular flexibility index (Phi) is 4.95. The Morgan fingerprint density at radius 1 is 1.14 bits per heavy atom. The zero-order valence-electron chi connectivity index (χ0n) is 11.8. The molecular weight excluding hydrogens is 302 g/mol. The number of amides is 2. The van der Waals surface area contributed by atoms with Crippen molar-refractivity contribution in [2.45, 2.75) is 17.3 Å². The lowest BCUT2D eigenvalue weighted by Crippen LogP contribution is -2.37. The molecule has 0 aliphatic rings. The third kappa shape index (κ3) is 4.19. The number of rotatable bonds is 6. The molecule has 0 spiro atoms. The van der Waals surface area contributed by atoms with Crippen LogP contribution in [0.1, 0.15) is 5.69 Å². The minimum atomic E-state index is -1.20. The fourth-order valence-electron chi connectivity index (χ4n) is 1.69. The lowest BCUT2D eigenvalue weighted by molar-refractivity contribution is -0.125. The minimum absolute atomic E-state index is 0.251. The summed E-state index contributed by atoms with van der Waals surface area (Å²) in [5.41, 5.74) is 11.8. The molecule has 114 valence electrons. The van der Waals surface area contributed by atoms with E-state index in [1.54, 1.807) is 13.0 Å². The number of anilines is 2. The van der Waals surface area contributed by atoms with Crippen molar-refractivity contribution in [2.75, 3.05) is 5.32 Å². The third-order valence-electron chi connectivity index (χ3n) is 2.62. The van der Waals surface area contributed by atoms with Crippen molar-refractivity contribution in [3.05, 3.63) is 42.1 Å². The summed E-state index contributed by atoms with van der Waals surface area (Å²) in [5, 5.41) is 2.17. The van der Waals surface area contributed by atoms with Gasteiger partial charge in [0, 0.05) is 17.4 Å². The molecule has 2 aromatic rings. The molecule has 1 heterocycles. The second kappa shape index (κ2) is 6.90. The minimum Gasteiger partial charge on any atom is -0.368 e. The van der Waals surface area contributed by atoms with Gasteiger partial charge in [-0.25, -0.2) is 9.97 Å². The number of hydrogen-bond acceptors (Lipinski definition) is 6. The highest BCUT2D eigenvalue weighted by Gasteiger charge is 2.24. The highest BCUT2D eigenvalue weighted by molar-refractivity contribution is 8.01. The van der Waals surface area contributed by atoms with Gasteiger partial charge in [-0.05, 0) is 19.1 Å². The number of carbonyl (C=O) groups is 2. The summed E-state index contributed by atoms with van der Waals surface area (Å²) in [7, 11) is 0. The molecule has 0 radical (unpaired) electrons. The average molecular weight is 317 g/mol. The zero-order valence-corrected chi connectivity index (χ0v) is 12.6. The molecule has 0 saturated carbocycles. The van der Waals surface area contributed by atoms with Crippen molar-refractivity contribution in [3.8, 4) is 0 Å². The molecule has 22 heavy (non-hydrogen) atoms. The Balaban J connectivity index is 2.23. The highest BCUT2D eigenvalue weighted by Crippen LogP contribution is 2.23. The number of hydrogen-bond donors (Lipinski definition) is 3. The van der Waals surface area contributed by atoms with Crippen molar-refractivity contribution in [3.63, 3.8) is 0 Å². The molecule has 0 atom stereocenters. The van der Waals surface area contributed by atoms with Gasteiger partial charge in [0.2, 0.25) is 11.8 Å². The zero-order chi connectivity index (χ0) is 16.1. The van der Waals surface area contributed by atoms with Crippen LogP contribution in [0.5, 0.6) is 0 Å². The second-order valence-electron chi connectivity index (χ2n) is 4.47. The van der Waals surface area contributed by atoms with Gasteiger partial charge in [-0.1, -0.05) is 30.0 Å². The SMILES string of the molecule is Cc1cc(Nc2ccccc2)nc(SC(C(N)=O)C(N)=O)n1. The van der Waals surface area contributed by atoms with Crippen LogP contribution in [-0.2, 0) is 9.59 Å². The van der Waals surface area contributed by atoms with Gasteiger partial charge in [0.05, 0.1) is 0 Å². The number of nitrogens with one attached hydrogen (secondary N) is 1. The normalized spacial score (nSPS) is 10.5. The molecule has 7 nitrogen and oxygen atoms in total. The Morgan fingerprint density at radius 3 is 2.36 bits per heavy atom. The van der Waals surface area contributed by atoms with E-state index in [1.165, 1.54) is 0 Å². The maximum Gasteiger partial charge on any atom is 0.240 e. The summed E-state index contributed by atoms with van der Waals surface area (Å²) in [6.07, 6.45) is 0. The van der Waals surface area contributed by atoms with Gasteiger partial charge < -0.3 is 16.8 Å². The van der Waals surface area contributed by atoms with Crippen molar-refractivity contribution >= 4 is 35.1 Å². The molecule has 1 aromatic heterocycles. The standard InChI is InChI=1S/C14H15N5O2S/c1-8-7-10(18-9-5-3-2-4-6-9)19-14(17-8)22-11(12(15)20)13(16)21/h2-7,11H,1H3,(H2,15,20)(H2,16,21)(H,17,18,19). The number of para-hydroxylation sites is 1. The lowest BCUT2D eigenvalue weighted by Gasteiger charge is -2.11. The van der Waals surface area contributed by atoms with Gasteiger partial charge in [-0.2, -0.15) is 0 Å². The van der Waals surface area contributed by atoms with E-state index in [0.29, 0.717) is 11.5 Å². The van der Waals surface area contributed by atoms with Crippen LogP contribution < -0.4 is 16.8 Å². The van der Waals surface area contributed by atoms with E-state index in [2.05, 4.69) is 15.3 Å². The van der Waals surface area contributed by atoms with Gasteiger partial charge >= 0.3 is 0 Å². The largest absolute Gasteiger partial charge is 0.368 e. The molecular formula is C14H15N5O2S. The van der Waals surface area contributed by atoms with Crippen LogP contribution in [0.3, 0.4) is 0 Å². The van der Waals surface area contributed by atoms with Crippen LogP contribution in [0.25, 0.3) is 0 Å². The Bertz CT molecular complexity index is 679. The van der Waals surface area contributed by atoms with Crippen molar-refractivity contribution < 1.29 is 9.59 Å². The number of aryl methyl sites for hydroxylation is 1. The van der Waals surface area contributed by atoms with Crippen molar-refractivity contribution in [1.82, 2.24) is 9.97 Å². The molecule has 5 N–H and O–H groups in total. The smallest absolute Gasteiger partial charge is 0.240 e. The fourth-order valence-corrected chi connectivity index (χ4v) is 2.48. The summed E-state index contributed by atoms with van der Waals surface area (Å²) in [4.78, 5) is 30.9. The topological polar surface area (TPSA) is 124 Å². The molecule has 0 aliphatic carbocycles. The molecule has 0 saturated heterocycles. The van der Waals surface area contributed by atoms with Crippen LogP contribution in [0.4, 0.5) is 11.5 Å². The van der Waals surface area contributed by atoms with E-state index in [9.17, 15) is 9.59 Å². The van der Waals surface area contributed by atoms with Crippen LogP contribution in [0.15, 0.2) is 41.6 Å². The number of primary amides is 2. The number of nitrogens with two attached hydrogens (primary N) is 2. The molecule has 2 rings (SSSR count). The first-order valence-electron chi connectivity index (χ1n) is 6.39. The predicted molar refractivity (Wildman–Crippen MR) is 84.5 cm³/mol. The number of nitrogens with zero attached hydrogens (tertiary/aromatic N) is 2. The summed E-state index contributed by atoms with van der Waals surface area (Å²) in [6, 6.07) is 11.2. The van der Waals surface area contributed by atoms with Gasteiger partial charge in [0.25, 0.3) is 0 Å². The quantitative estimate of drug-likeness (QED) is 0.414. The summed E-state index contributed by atoms with van der Waals surface area (Å²) >= 11 is 0.833. The fraction of sp³-hybridized carbons (Fsp3) is 0.143. The monoisotopic (exact) mass is 317 g/mol. The van der Waals surface area contributed by atoms with E-state index in [-0.39, 0.29) is 5.16 Å². The first-order valence-corrected chi connectivity index (χ1v) is 7.26. The van der Waals surface area contributed by atoms with E-state index < -0.39 is 17.1 Å². The van der Waals surface area contributed by atoms with E-state index >= 15 is 0 Å². The van der Waals surface area contributed by atoms with E-state index in [1.807, 2.05) is 30.3 Å². The van der Waals surface area contributed by atoms with Crippen LogP contribution >= 0.6 is 11.8 Å². The molecule has 0 bridgehead atoms. The highest BCUT2D eigenvalue weighted by atomic mass is 32.2. The second-order valence-corrected chi connectivity index (χ2v) is 5.54. The van der Waals surface area contributed by atoms with Crippen molar-refractivity contribution in [2.24, 2.45) is 11.5 Å². The molecule has 0 aliphatic heterocycles. The lowest BCUT2D eigenvalue weighted by atomic mass is 10.3. The predicted octanol–water partition coefficient (Wildman–Crippen LogP) is 0.960. The maximum atomic E-state index is 11.2. The number of benzene rings is 1. The van der Waals surface area contributed by atoms with E-state index in [0.717, 1.165) is 17.4 Å². The first kappa shape index (κ1) is 15.8. The number of thioether (sulfide) groups is 1. The van der Waals surface area contributed by atoms with Crippen LogP contribution in [0, 0.1) is 6.92 Å². The van der Waals surface area contributed by atoms with Crippen molar-refractivity contribution in [1.29, 1.82) is 0 Å².